The van der Waals surface area contributed by atoms with Gasteiger partial charge in [-0.25, -0.2) is 8.78 Å². The molecule has 1 heterocycles. The number of piperazine rings is 1. The molecule has 0 aromatic heterocycles. The van der Waals surface area contributed by atoms with E-state index in [1.807, 2.05) is 0 Å². The van der Waals surface area contributed by atoms with Crippen LogP contribution < -0.4 is 5.32 Å². The minimum Gasteiger partial charge on any atom is -0.314 e. The second-order valence-electron chi connectivity index (χ2n) is 5.14. The Labute approximate surface area is 107 Å². The molecule has 2 nitrogen and oxygen atoms in total. The highest BCUT2D eigenvalue weighted by Crippen LogP contribution is 2.31. The fourth-order valence-corrected chi connectivity index (χ4v) is 2.68. The van der Waals surface area contributed by atoms with E-state index in [1.54, 1.807) is 0 Å². The van der Waals surface area contributed by atoms with Crippen LogP contribution in [0.4, 0.5) is 8.78 Å². The Morgan fingerprint density at radius 3 is 2.44 bits per heavy atom. The van der Waals surface area contributed by atoms with Gasteiger partial charge in [0.25, 0.3) is 0 Å². The summed E-state index contributed by atoms with van der Waals surface area (Å²) >= 11 is 0. The molecule has 1 unspecified atom stereocenters. The number of nitrogens with zero attached hydrogens (tertiary/aromatic N) is 1. The lowest BCUT2D eigenvalue weighted by Crippen LogP contribution is -2.46. The van der Waals surface area contributed by atoms with E-state index in [4.69, 9.17) is 0 Å². The lowest BCUT2D eigenvalue weighted by atomic mass is 9.93. The van der Waals surface area contributed by atoms with Gasteiger partial charge in [-0.3, -0.25) is 4.90 Å². The normalized spacial score (nSPS) is 19.2. The summed E-state index contributed by atoms with van der Waals surface area (Å²) in [4.78, 5) is 2.24. The van der Waals surface area contributed by atoms with Crippen molar-refractivity contribution in [2.24, 2.45) is 5.92 Å². The topological polar surface area (TPSA) is 15.3 Å². The SMILES string of the molecule is CC(C)C(c1cc(F)ccc1F)N1CCNCC1. The van der Waals surface area contributed by atoms with Crippen LogP contribution in [0.5, 0.6) is 0 Å². The van der Waals surface area contributed by atoms with Gasteiger partial charge < -0.3 is 5.32 Å². The van der Waals surface area contributed by atoms with Crippen LogP contribution in [0, 0.1) is 17.6 Å². The lowest BCUT2D eigenvalue weighted by molar-refractivity contribution is 0.134. The van der Waals surface area contributed by atoms with Gasteiger partial charge in [0.15, 0.2) is 0 Å². The first-order chi connectivity index (χ1) is 8.59. The largest absolute Gasteiger partial charge is 0.314 e. The predicted molar refractivity (Wildman–Crippen MR) is 68.4 cm³/mol. The van der Waals surface area contributed by atoms with E-state index in [1.165, 1.54) is 18.2 Å². The fraction of sp³-hybridized carbons (Fsp3) is 0.571. The van der Waals surface area contributed by atoms with Gasteiger partial charge in [-0.15, -0.1) is 0 Å². The van der Waals surface area contributed by atoms with Crippen LogP contribution >= 0.6 is 0 Å². The lowest BCUT2D eigenvalue weighted by Gasteiger charge is -2.37. The van der Waals surface area contributed by atoms with Crippen LogP contribution in [0.1, 0.15) is 25.5 Å². The highest BCUT2D eigenvalue weighted by atomic mass is 19.1. The van der Waals surface area contributed by atoms with Gasteiger partial charge in [-0.05, 0) is 24.1 Å². The molecule has 2 rings (SSSR count). The zero-order valence-electron chi connectivity index (χ0n) is 10.9. The summed E-state index contributed by atoms with van der Waals surface area (Å²) in [5.41, 5.74) is 0.479. The fourth-order valence-electron chi connectivity index (χ4n) is 2.68. The van der Waals surface area contributed by atoms with E-state index < -0.39 is 0 Å². The van der Waals surface area contributed by atoms with E-state index in [-0.39, 0.29) is 23.6 Å². The van der Waals surface area contributed by atoms with Crippen molar-refractivity contribution in [1.82, 2.24) is 10.2 Å². The van der Waals surface area contributed by atoms with E-state index in [0.717, 1.165) is 26.2 Å². The molecule has 1 aromatic carbocycles. The minimum atomic E-state index is -0.368. The zero-order chi connectivity index (χ0) is 13.1. The van der Waals surface area contributed by atoms with Crippen molar-refractivity contribution >= 4 is 0 Å². The van der Waals surface area contributed by atoms with Crippen LogP contribution in [0.2, 0.25) is 0 Å². The molecule has 0 radical (unpaired) electrons. The molecular weight excluding hydrogens is 234 g/mol. The average molecular weight is 254 g/mol. The summed E-state index contributed by atoms with van der Waals surface area (Å²) in [5.74, 6) is -0.430. The second kappa shape index (κ2) is 5.76. The molecule has 100 valence electrons. The Morgan fingerprint density at radius 2 is 1.83 bits per heavy atom. The molecule has 1 saturated heterocycles. The molecule has 0 saturated carbocycles. The monoisotopic (exact) mass is 254 g/mol. The highest BCUT2D eigenvalue weighted by Gasteiger charge is 2.27. The molecule has 4 heteroatoms. The summed E-state index contributed by atoms with van der Waals surface area (Å²) in [5, 5.41) is 3.28. The number of benzene rings is 1. The van der Waals surface area contributed by atoms with Crippen LogP contribution in [-0.4, -0.2) is 31.1 Å². The minimum absolute atomic E-state index is 0.0530. The summed E-state index contributed by atoms with van der Waals surface area (Å²) in [6, 6.07) is 3.68. The van der Waals surface area contributed by atoms with Crippen LogP contribution in [0.25, 0.3) is 0 Å². The third kappa shape index (κ3) is 2.87. The molecule has 0 bridgehead atoms. The maximum Gasteiger partial charge on any atom is 0.128 e. The molecule has 0 aliphatic carbocycles. The van der Waals surface area contributed by atoms with Gasteiger partial charge >= 0.3 is 0 Å². The van der Waals surface area contributed by atoms with E-state index in [0.29, 0.717) is 5.56 Å². The number of hydrogen-bond donors (Lipinski definition) is 1. The molecule has 1 aliphatic heterocycles. The molecule has 1 atom stereocenters. The summed E-state index contributed by atoms with van der Waals surface area (Å²) in [7, 11) is 0. The Kier molecular flexibility index (Phi) is 4.30. The van der Waals surface area contributed by atoms with Gasteiger partial charge in [0.05, 0.1) is 0 Å². The highest BCUT2D eigenvalue weighted by molar-refractivity contribution is 5.23. The standard InChI is InChI=1S/C14H20F2N2/c1-10(2)14(18-7-5-17-6-8-18)12-9-11(15)3-4-13(12)16/h3-4,9-10,14,17H,5-8H2,1-2H3. The molecule has 18 heavy (non-hydrogen) atoms. The van der Waals surface area contributed by atoms with Crippen LogP contribution in [0.15, 0.2) is 18.2 Å². The molecular formula is C14H20F2N2. The van der Waals surface area contributed by atoms with Crippen molar-refractivity contribution in [1.29, 1.82) is 0 Å². The molecule has 0 amide bonds. The Bertz CT molecular complexity index is 401. The maximum absolute atomic E-state index is 13.9. The van der Waals surface area contributed by atoms with E-state index in [2.05, 4.69) is 24.1 Å². The van der Waals surface area contributed by atoms with Gasteiger partial charge in [0.2, 0.25) is 0 Å². The molecule has 1 fully saturated rings. The third-order valence-corrected chi connectivity index (χ3v) is 3.45. The van der Waals surface area contributed by atoms with E-state index >= 15 is 0 Å². The van der Waals surface area contributed by atoms with Crippen molar-refractivity contribution in [3.63, 3.8) is 0 Å². The summed E-state index contributed by atoms with van der Waals surface area (Å²) in [6.07, 6.45) is 0. The van der Waals surface area contributed by atoms with E-state index in [9.17, 15) is 8.78 Å². The number of halogens is 2. The second-order valence-corrected chi connectivity index (χ2v) is 5.14. The molecule has 1 aliphatic rings. The smallest absolute Gasteiger partial charge is 0.128 e. The van der Waals surface area contributed by atoms with Gasteiger partial charge in [-0.1, -0.05) is 13.8 Å². The molecule has 1 N–H and O–H groups in total. The molecule has 0 spiro atoms. The van der Waals surface area contributed by atoms with Crippen molar-refractivity contribution in [3.05, 3.63) is 35.4 Å². The van der Waals surface area contributed by atoms with Crippen molar-refractivity contribution in [2.45, 2.75) is 19.9 Å². The predicted octanol–water partition coefficient (Wildman–Crippen LogP) is 2.57. The average Bonchev–Trinajstić information content (AvgIpc) is 2.35. The van der Waals surface area contributed by atoms with Gasteiger partial charge in [-0.2, -0.15) is 0 Å². The van der Waals surface area contributed by atoms with Crippen molar-refractivity contribution < 1.29 is 8.78 Å². The van der Waals surface area contributed by atoms with Crippen molar-refractivity contribution in [3.8, 4) is 0 Å². The Morgan fingerprint density at radius 1 is 1.17 bits per heavy atom. The number of nitrogens with one attached hydrogen (secondary N) is 1. The van der Waals surface area contributed by atoms with Crippen molar-refractivity contribution in [2.75, 3.05) is 26.2 Å². The van der Waals surface area contributed by atoms with Crippen LogP contribution in [-0.2, 0) is 0 Å². The first-order valence-electron chi connectivity index (χ1n) is 6.49. The summed E-state index contributed by atoms with van der Waals surface area (Å²) < 4.78 is 27.3. The first kappa shape index (κ1) is 13.4. The van der Waals surface area contributed by atoms with Gasteiger partial charge in [0.1, 0.15) is 11.6 Å². The summed E-state index contributed by atoms with van der Waals surface area (Å²) in [6.45, 7) is 7.66. The van der Waals surface area contributed by atoms with Crippen LogP contribution in [0.3, 0.4) is 0 Å². The maximum atomic E-state index is 13.9. The van der Waals surface area contributed by atoms with Gasteiger partial charge in [0, 0.05) is 37.8 Å². The first-order valence-corrected chi connectivity index (χ1v) is 6.49. The third-order valence-electron chi connectivity index (χ3n) is 3.45. The number of hydrogen-bond acceptors (Lipinski definition) is 2. The Balaban J connectivity index is 2.31. The Hall–Kier alpha value is -1.00. The number of rotatable bonds is 3. The zero-order valence-corrected chi connectivity index (χ0v) is 10.9. The molecule has 1 aromatic rings. The quantitative estimate of drug-likeness (QED) is 0.892.